The van der Waals surface area contributed by atoms with Crippen molar-refractivity contribution in [3.05, 3.63) is 129 Å². The van der Waals surface area contributed by atoms with Crippen molar-refractivity contribution in [2.75, 3.05) is 13.7 Å². The molecular formula is C42H47N7O10. The average molecular weight is 810 g/mol. The van der Waals surface area contributed by atoms with Crippen LogP contribution in [0.25, 0.3) is 22.2 Å². The minimum absolute atomic E-state index is 0.00461. The number of carbonyl (C=O) groups is 3. The molecule has 4 aromatic carbocycles. The molecule has 17 nitrogen and oxygen atoms in total. The number of amidine groups is 1. The maximum Gasteiger partial charge on any atom is 0.342 e. The Labute approximate surface area is 340 Å². The summed E-state index contributed by atoms with van der Waals surface area (Å²) in [6.45, 7) is 4.52. The van der Waals surface area contributed by atoms with Crippen molar-refractivity contribution in [1.29, 1.82) is 0 Å². The molecule has 1 aliphatic rings. The van der Waals surface area contributed by atoms with Crippen LogP contribution in [0.2, 0.25) is 0 Å². The zero-order valence-corrected chi connectivity index (χ0v) is 33.0. The summed E-state index contributed by atoms with van der Waals surface area (Å²) in [7, 11) is 1.46. The fourth-order valence-corrected chi connectivity index (χ4v) is 6.41. The van der Waals surface area contributed by atoms with E-state index in [0.717, 1.165) is 29.5 Å². The number of hydrogen-bond donors (Lipinski definition) is 2. The number of benzene rings is 4. The molecule has 0 aliphatic heterocycles. The van der Waals surface area contributed by atoms with Gasteiger partial charge >= 0.3 is 5.97 Å². The van der Waals surface area contributed by atoms with Crippen LogP contribution >= 0.6 is 0 Å². The molecule has 1 aliphatic carbocycles. The lowest BCUT2D eigenvalue weighted by molar-refractivity contribution is -0.763. The number of ether oxygens (including phenoxy) is 4. The van der Waals surface area contributed by atoms with E-state index in [9.17, 15) is 24.5 Å². The molecule has 1 aromatic heterocycles. The molecule has 0 saturated heterocycles. The third kappa shape index (κ3) is 11.6. The predicted molar refractivity (Wildman–Crippen MR) is 217 cm³/mol. The molecule has 0 bridgehead atoms. The Kier molecular flexibility index (Phi) is 15.4. The van der Waals surface area contributed by atoms with Gasteiger partial charge in [-0.2, -0.15) is 10.1 Å². The van der Waals surface area contributed by atoms with E-state index >= 15 is 0 Å². The topological polar surface area (TPSA) is 226 Å². The minimum Gasteiger partial charge on any atom is -0.465 e. The molecule has 1 unspecified atom stereocenters. The molecule has 0 spiro atoms. The minimum atomic E-state index is -0.895. The van der Waals surface area contributed by atoms with Gasteiger partial charge in [-0.25, -0.2) is 10.6 Å². The van der Waals surface area contributed by atoms with Crippen LogP contribution in [0.15, 0.2) is 96.1 Å². The van der Waals surface area contributed by atoms with Gasteiger partial charge in [-0.05, 0) is 86.1 Å². The summed E-state index contributed by atoms with van der Waals surface area (Å²) >= 11 is 0. The van der Waals surface area contributed by atoms with E-state index in [1.165, 1.54) is 50.6 Å². The Balaban J connectivity index is 0.000000649. The fourth-order valence-electron chi connectivity index (χ4n) is 6.41. The largest absolute Gasteiger partial charge is 0.465 e. The molecule has 310 valence electrons. The van der Waals surface area contributed by atoms with E-state index in [0.29, 0.717) is 58.5 Å². The number of aromatic nitrogens is 2. The molecular weight excluding hydrogens is 763 g/mol. The van der Waals surface area contributed by atoms with Crippen molar-refractivity contribution in [3.63, 3.8) is 0 Å². The Morgan fingerprint density at radius 3 is 2.32 bits per heavy atom. The number of amides is 1. The molecule has 4 N–H and O–H groups in total. The Hall–Kier alpha value is -6.85. The Morgan fingerprint density at radius 1 is 0.983 bits per heavy atom. The summed E-state index contributed by atoms with van der Waals surface area (Å²) in [5, 5.41) is 14.3. The third-order valence-corrected chi connectivity index (χ3v) is 9.40. The van der Waals surface area contributed by atoms with Crippen LogP contribution in [-0.2, 0) is 37.0 Å². The summed E-state index contributed by atoms with van der Waals surface area (Å²) in [6, 6.07) is 26.5. The van der Waals surface area contributed by atoms with E-state index in [1.807, 2.05) is 47.9 Å². The van der Waals surface area contributed by atoms with Gasteiger partial charge in [0.15, 0.2) is 12.1 Å². The van der Waals surface area contributed by atoms with Gasteiger partial charge in [-0.15, -0.1) is 15.2 Å². The number of imidazole rings is 1. The number of nitrogens with two attached hydrogens (primary N) is 2. The smallest absolute Gasteiger partial charge is 0.342 e. The van der Waals surface area contributed by atoms with E-state index in [4.69, 9.17) is 30.5 Å². The quantitative estimate of drug-likeness (QED) is 0.0132. The number of hydrogen-bond acceptors (Lipinski definition) is 13. The number of carbonyl (C=O) groups excluding carboxylic acids is 3. The van der Waals surface area contributed by atoms with Crippen LogP contribution in [-0.4, -0.2) is 70.1 Å². The summed E-state index contributed by atoms with van der Waals surface area (Å²) in [5.41, 5.74) is 11.6. The monoisotopic (exact) mass is 809 g/mol. The summed E-state index contributed by atoms with van der Waals surface area (Å²) in [5.74, 6) is 4.80. The summed E-state index contributed by atoms with van der Waals surface area (Å²) < 4.78 is 23.0. The summed E-state index contributed by atoms with van der Waals surface area (Å²) in [4.78, 5) is 55.2. The van der Waals surface area contributed by atoms with Crippen LogP contribution in [0.1, 0.15) is 83.4 Å². The van der Waals surface area contributed by atoms with Crippen LogP contribution in [0.5, 0.6) is 6.01 Å². The van der Waals surface area contributed by atoms with Crippen molar-refractivity contribution in [3.8, 4) is 17.1 Å². The van der Waals surface area contributed by atoms with Crippen molar-refractivity contribution >= 4 is 35.2 Å². The molecule has 5 aromatic rings. The van der Waals surface area contributed by atoms with Gasteiger partial charge in [0.1, 0.15) is 12.7 Å². The zero-order valence-electron chi connectivity index (χ0n) is 33.0. The van der Waals surface area contributed by atoms with Gasteiger partial charge in [0.2, 0.25) is 0 Å². The number of para-hydroxylation sites is 1. The molecule has 1 fully saturated rings. The fraction of sp³-hybridized carbons (Fsp3) is 0.310. The molecule has 6 rings (SSSR count). The second-order valence-corrected chi connectivity index (χ2v) is 13.4. The molecule has 59 heavy (non-hydrogen) atoms. The first kappa shape index (κ1) is 43.3. The zero-order chi connectivity index (χ0) is 42.3. The maximum absolute atomic E-state index is 13.1. The van der Waals surface area contributed by atoms with Crippen LogP contribution in [0.3, 0.4) is 0 Å². The van der Waals surface area contributed by atoms with Gasteiger partial charge in [0.25, 0.3) is 23.5 Å². The second-order valence-electron chi connectivity index (χ2n) is 13.4. The van der Waals surface area contributed by atoms with Crippen LogP contribution in [0, 0.1) is 10.1 Å². The number of hydrazone groups is 1. The second kappa shape index (κ2) is 21.1. The average Bonchev–Trinajstić information content (AvgIpc) is 3.60. The molecule has 1 saturated carbocycles. The number of esters is 1. The SMILES string of the molecule is CCOc1nc2cccc(C(=O)OC(C)OC)c2n1Cc1ccc(-c2ccccc2/C(N)=N/N(N)C(=O)c2ccc(CO[N+](=O)[O-])cc2)cc1.O=COC1CCCCC1. The lowest BCUT2D eigenvalue weighted by atomic mass is 9.98. The highest BCUT2D eigenvalue weighted by atomic mass is 16.9. The number of methoxy groups -OCH3 is 1. The van der Waals surface area contributed by atoms with E-state index in [1.54, 1.807) is 37.3 Å². The van der Waals surface area contributed by atoms with Gasteiger partial charge in [0, 0.05) is 18.2 Å². The third-order valence-electron chi connectivity index (χ3n) is 9.40. The van der Waals surface area contributed by atoms with E-state index in [2.05, 4.69) is 14.9 Å². The number of fused-ring (bicyclic) bond motifs is 1. The maximum atomic E-state index is 13.1. The van der Waals surface area contributed by atoms with Gasteiger partial charge in [0.05, 0.1) is 29.7 Å². The highest BCUT2D eigenvalue weighted by Gasteiger charge is 2.22. The van der Waals surface area contributed by atoms with E-state index < -0.39 is 23.3 Å². The molecule has 17 heteroatoms. The Bertz CT molecular complexity index is 2240. The standard InChI is InChI=1S/C35H35N7O8.C7H12O2/c1-4-48-35-38-30-11-7-10-29(34(44)50-22(2)47-3)31(30)40(35)20-23-12-16-25(17-13-23)27-8-5-6-9-28(27)32(36)39-41(37)33(43)26-18-14-24(15-19-26)21-49-42(45)46;8-6-9-7-4-2-1-3-5-7/h5-19,22H,4,20-21,37H2,1-3H3,(H2,36,39);6-7H,1-5H2. The van der Waals surface area contributed by atoms with Crippen molar-refractivity contribution in [2.45, 2.75) is 71.5 Å². The van der Waals surface area contributed by atoms with Gasteiger partial charge < -0.3 is 29.5 Å². The van der Waals surface area contributed by atoms with Gasteiger partial charge in [-0.3, -0.25) is 14.2 Å². The lowest BCUT2D eigenvalue weighted by Gasteiger charge is -2.18. The summed E-state index contributed by atoms with van der Waals surface area (Å²) in [6.07, 6.45) is 5.39. The van der Waals surface area contributed by atoms with Crippen LogP contribution in [0.4, 0.5) is 0 Å². The highest BCUT2D eigenvalue weighted by molar-refractivity contribution is 6.05. The van der Waals surface area contributed by atoms with E-state index in [-0.39, 0.29) is 24.1 Å². The Morgan fingerprint density at radius 2 is 1.66 bits per heavy atom. The van der Waals surface area contributed by atoms with Crippen molar-refractivity contribution in [2.24, 2.45) is 16.7 Å². The van der Waals surface area contributed by atoms with Gasteiger partial charge in [-0.1, -0.05) is 73.2 Å². The van der Waals surface area contributed by atoms with Crippen molar-refractivity contribution < 1.29 is 43.3 Å². The predicted octanol–water partition coefficient (Wildman–Crippen LogP) is 6.14. The number of rotatable bonds is 16. The molecule has 1 heterocycles. The normalized spacial score (nSPS) is 13.4. The molecule has 0 radical (unpaired) electrons. The molecule has 1 amide bonds. The highest BCUT2D eigenvalue weighted by Crippen LogP contribution is 2.29. The molecule has 1 atom stereocenters. The first-order chi connectivity index (χ1) is 28.5. The number of hydrazine groups is 1. The first-order valence-electron chi connectivity index (χ1n) is 19.0. The van der Waals surface area contributed by atoms with Crippen molar-refractivity contribution in [1.82, 2.24) is 14.7 Å². The first-order valence-corrected chi connectivity index (χ1v) is 19.0. The lowest BCUT2D eigenvalue weighted by Crippen LogP contribution is -2.35. The van der Waals surface area contributed by atoms with Crippen LogP contribution < -0.4 is 16.3 Å². The number of nitrogens with zero attached hydrogens (tertiary/aromatic N) is 5.